The molecule has 0 radical (unpaired) electrons. The van der Waals surface area contributed by atoms with Crippen LogP contribution in [0.1, 0.15) is 30.9 Å². The van der Waals surface area contributed by atoms with Crippen molar-refractivity contribution in [2.75, 3.05) is 19.7 Å². The lowest BCUT2D eigenvalue weighted by molar-refractivity contribution is -0.200. The quantitative estimate of drug-likeness (QED) is 0.806. The first-order valence-electron chi connectivity index (χ1n) is 9.13. The van der Waals surface area contributed by atoms with E-state index >= 15 is 0 Å². The topological polar surface area (TPSA) is 52.4 Å². The summed E-state index contributed by atoms with van der Waals surface area (Å²) in [6.07, 6.45) is 10.0. The van der Waals surface area contributed by atoms with E-state index in [-0.39, 0.29) is 11.7 Å². The number of pyridine rings is 1. The summed E-state index contributed by atoms with van der Waals surface area (Å²) in [7, 11) is 0. The molecule has 134 valence electrons. The van der Waals surface area contributed by atoms with Gasteiger partial charge in [0.1, 0.15) is 0 Å². The van der Waals surface area contributed by atoms with Gasteiger partial charge in [-0.05, 0) is 25.0 Å². The molecule has 0 aromatic carbocycles. The number of aromatic nitrogens is 3. The van der Waals surface area contributed by atoms with Gasteiger partial charge in [0.2, 0.25) is 0 Å². The van der Waals surface area contributed by atoms with Crippen molar-refractivity contribution < 1.29 is 9.47 Å². The van der Waals surface area contributed by atoms with Crippen LogP contribution >= 0.6 is 0 Å². The number of hydrogen-bond donors (Lipinski definition) is 0. The van der Waals surface area contributed by atoms with Crippen LogP contribution in [0.25, 0.3) is 0 Å². The third kappa shape index (κ3) is 3.92. The van der Waals surface area contributed by atoms with Gasteiger partial charge in [-0.15, -0.1) is 0 Å². The molecule has 0 N–H and O–H groups in total. The Labute approximate surface area is 148 Å². The summed E-state index contributed by atoms with van der Waals surface area (Å²) in [4.78, 5) is 6.57. The Morgan fingerprint density at radius 2 is 2.24 bits per heavy atom. The first-order valence-corrected chi connectivity index (χ1v) is 9.13. The lowest BCUT2D eigenvalue weighted by atomic mass is 9.84. The second kappa shape index (κ2) is 7.23. The molecular weight excluding hydrogens is 316 g/mol. The third-order valence-corrected chi connectivity index (χ3v) is 5.10. The number of hydrogen-bond acceptors (Lipinski definition) is 5. The Morgan fingerprint density at radius 1 is 1.32 bits per heavy atom. The van der Waals surface area contributed by atoms with Gasteiger partial charge in [-0.1, -0.05) is 6.07 Å². The maximum atomic E-state index is 6.12. The van der Waals surface area contributed by atoms with Crippen molar-refractivity contribution >= 4 is 0 Å². The maximum absolute atomic E-state index is 6.12. The van der Waals surface area contributed by atoms with E-state index in [0.29, 0.717) is 6.61 Å². The van der Waals surface area contributed by atoms with Crippen LogP contribution in [0.15, 0.2) is 36.9 Å². The molecule has 6 nitrogen and oxygen atoms in total. The van der Waals surface area contributed by atoms with Gasteiger partial charge >= 0.3 is 0 Å². The van der Waals surface area contributed by atoms with Crippen molar-refractivity contribution in [2.24, 2.45) is 0 Å². The maximum Gasteiger partial charge on any atom is 0.0959 e. The van der Waals surface area contributed by atoms with E-state index in [1.54, 1.807) is 6.20 Å². The van der Waals surface area contributed by atoms with Crippen LogP contribution in [-0.4, -0.2) is 51.1 Å². The van der Waals surface area contributed by atoms with Crippen LogP contribution in [0.3, 0.4) is 0 Å². The zero-order valence-electron chi connectivity index (χ0n) is 14.8. The van der Waals surface area contributed by atoms with Crippen molar-refractivity contribution in [2.45, 2.75) is 51.2 Å². The van der Waals surface area contributed by atoms with Crippen molar-refractivity contribution in [3.8, 4) is 0 Å². The summed E-state index contributed by atoms with van der Waals surface area (Å²) >= 11 is 0. The molecule has 2 aliphatic rings. The molecule has 0 aliphatic carbocycles. The van der Waals surface area contributed by atoms with Gasteiger partial charge in [0.25, 0.3) is 0 Å². The summed E-state index contributed by atoms with van der Waals surface area (Å²) in [6.45, 7) is 7.37. The molecule has 0 amide bonds. The summed E-state index contributed by atoms with van der Waals surface area (Å²) in [5.41, 5.74) is 2.39. The second-order valence-corrected chi connectivity index (χ2v) is 7.17. The Bertz CT molecular complexity index is 682. The largest absolute Gasteiger partial charge is 0.373 e. The highest BCUT2D eigenvalue weighted by Gasteiger charge is 2.47. The molecule has 2 saturated heterocycles. The van der Waals surface area contributed by atoms with E-state index in [1.165, 1.54) is 5.56 Å². The van der Waals surface area contributed by atoms with Gasteiger partial charge in [-0.2, -0.15) is 5.10 Å². The van der Waals surface area contributed by atoms with E-state index in [0.717, 1.165) is 51.2 Å². The molecule has 6 heteroatoms. The van der Waals surface area contributed by atoms with E-state index in [2.05, 4.69) is 34.2 Å². The fourth-order valence-corrected chi connectivity index (χ4v) is 3.84. The predicted molar refractivity (Wildman–Crippen MR) is 93.9 cm³/mol. The van der Waals surface area contributed by atoms with Gasteiger partial charge in [0, 0.05) is 63.4 Å². The van der Waals surface area contributed by atoms with E-state index in [4.69, 9.17) is 9.47 Å². The molecule has 2 fully saturated rings. The number of ether oxygens (including phenoxy) is 2. The van der Waals surface area contributed by atoms with Crippen molar-refractivity contribution in [3.05, 3.63) is 48.0 Å². The van der Waals surface area contributed by atoms with E-state index in [1.807, 2.05) is 23.1 Å². The Hall–Kier alpha value is -1.76. The molecule has 1 atom stereocenters. The average molecular weight is 342 g/mol. The van der Waals surface area contributed by atoms with Gasteiger partial charge in [0.05, 0.1) is 24.5 Å². The Kier molecular flexibility index (Phi) is 4.83. The first-order chi connectivity index (χ1) is 12.2. The monoisotopic (exact) mass is 342 g/mol. The van der Waals surface area contributed by atoms with Crippen LogP contribution in [0, 0.1) is 0 Å². The minimum absolute atomic E-state index is 0.0153. The standard InChI is InChI=1S/C19H26N4O2/c1-2-23-12-17(10-21-23)11-22-14-19(15-22)8-18(5-7-25-19)24-13-16-4-3-6-20-9-16/h3-4,6,9-10,12,18H,2,5,7-8,11,13-15H2,1H3. The Balaban J connectivity index is 1.26. The van der Waals surface area contributed by atoms with Gasteiger partial charge in [-0.25, -0.2) is 0 Å². The molecule has 2 aromatic rings. The first kappa shape index (κ1) is 16.7. The average Bonchev–Trinajstić information content (AvgIpc) is 3.08. The van der Waals surface area contributed by atoms with E-state index < -0.39 is 0 Å². The minimum atomic E-state index is -0.0153. The summed E-state index contributed by atoms with van der Waals surface area (Å²) in [6, 6.07) is 4.01. The molecule has 2 aromatic heterocycles. The molecule has 25 heavy (non-hydrogen) atoms. The zero-order chi connectivity index (χ0) is 17.1. The summed E-state index contributed by atoms with van der Waals surface area (Å²) in [5.74, 6) is 0. The number of nitrogens with zero attached hydrogens (tertiary/aromatic N) is 4. The van der Waals surface area contributed by atoms with E-state index in [9.17, 15) is 0 Å². The number of likely N-dealkylation sites (tertiary alicyclic amines) is 1. The zero-order valence-corrected chi connectivity index (χ0v) is 14.8. The van der Waals surface area contributed by atoms with Gasteiger partial charge in [0.15, 0.2) is 0 Å². The fourth-order valence-electron chi connectivity index (χ4n) is 3.84. The molecule has 2 aliphatic heterocycles. The smallest absolute Gasteiger partial charge is 0.0959 e. The SMILES string of the molecule is CCn1cc(CN2CC3(CC(OCc4cccnc4)CCO3)C2)cn1. The molecule has 1 unspecified atom stereocenters. The molecule has 4 rings (SSSR count). The van der Waals surface area contributed by atoms with Crippen LogP contribution in [0.4, 0.5) is 0 Å². The molecule has 1 spiro atoms. The highest BCUT2D eigenvalue weighted by atomic mass is 16.5. The second-order valence-electron chi connectivity index (χ2n) is 7.17. The van der Waals surface area contributed by atoms with Crippen LogP contribution in [-0.2, 0) is 29.2 Å². The normalized spacial score (nSPS) is 22.8. The lowest BCUT2D eigenvalue weighted by Gasteiger charge is -2.53. The number of rotatable bonds is 6. The predicted octanol–water partition coefficient (Wildman–Crippen LogP) is 2.25. The van der Waals surface area contributed by atoms with Gasteiger partial charge in [-0.3, -0.25) is 14.6 Å². The van der Waals surface area contributed by atoms with Gasteiger partial charge < -0.3 is 9.47 Å². The third-order valence-electron chi connectivity index (χ3n) is 5.10. The molecular formula is C19H26N4O2. The highest BCUT2D eigenvalue weighted by Crippen LogP contribution is 2.36. The van der Waals surface area contributed by atoms with Crippen molar-refractivity contribution in [3.63, 3.8) is 0 Å². The Morgan fingerprint density at radius 3 is 3.00 bits per heavy atom. The molecule has 0 bridgehead atoms. The van der Waals surface area contributed by atoms with Crippen LogP contribution in [0.5, 0.6) is 0 Å². The molecule has 4 heterocycles. The van der Waals surface area contributed by atoms with Crippen molar-refractivity contribution in [1.29, 1.82) is 0 Å². The summed E-state index contributed by atoms with van der Waals surface area (Å²) in [5, 5.41) is 4.35. The summed E-state index contributed by atoms with van der Waals surface area (Å²) < 4.78 is 14.2. The van der Waals surface area contributed by atoms with Crippen molar-refractivity contribution in [1.82, 2.24) is 19.7 Å². The lowest BCUT2D eigenvalue weighted by Crippen LogP contribution is -2.65. The number of aryl methyl sites for hydroxylation is 1. The van der Waals surface area contributed by atoms with Crippen LogP contribution < -0.4 is 0 Å². The minimum Gasteiger partial charge on any atom is -0.373 e. The van der Waals surface area contributed by atoms with Crippen LogP contribution in [0.2, 0.25) is 0 Å². The molecule has 0 saturated carbocycles. The fraction of sp³-hybridized carbons (Fsp3) is 0.579. The highest BCUT2D eigenvalue weighted by molar-refractivity contribution is 5.09.